The minimum atomic E-state index is -0.311. The second kappa shape index (κ2) is 10.5. The highest BCUT2D eigenvalue weighted by atomic mass is 16.5. The van der Waals surface area contributed by atoms with E-state index in [9.17, 15) is 5.11 Å². The van der Waals surface area contributed by atoms with E-state index < -0.39 is 0 Å². The van der Waals surface area contributed by atoms with Gasteiger partial charge in [0.05, 0.1) is 6.10 Å². The van der Waals surface area contributed by atoms with Crippen LogP contribution in [0.5, 0.6) is 5.75 Å². The van der Waals surface area contributed by atoms with Crippen molar-refractivity contribution in [2.75, 3.05) is 19.6 Å². The largest absolute Gasteiger partial charge is 0.489 e. The van der Waals surface area contributed by atoms with Crippen LogP contribution >= 0.6 is 0 Å². The van der Waals surface area contributed by atoms with Crippen molar-refractivity contribution in [2.24, 2.45) is 5.92 Å². The molecule has 0 saturated carbocycles. The quantitative estimate of drug-likeness (QED) is 0.467. The third-order valence-electron chi connectivity index (χ3n) is 7.50. The Morgan fingerprint density at radius 1 is 0.818 bits per heavy atom. The fraction of sp³-hybridized carbons (Fsp3) is 0.400. The summed E-state index contributed by atoms with van der Waals surface area (Å²) in [6, 6.07) is 27.5. The van der Waals surface area contributed by atoms with Gasteiger partial charge in [-0.25, -0.2) is 0 Å². The normalized spacial score (nSPS) is 21.8. The Bertz CT molecular complexity index is 1010. The molecule has 33 heavy (non-hydrogen) atoms. The van der Waals surface area contributed by atoms with Gasteiger partial charge in [-0.05, 0) is 91.4 Å². The van der Waals surface area contributed by atoms with Crippen LogP contribution in [-0.2, 0) is 13.0 Å². The second-order valence-electron chi connectivity index (χ2n) is 9.77. The van der Waals surface area contributed by atoms with E-state index in [1.807, 2.05) is 18.2 Å². The molecule has 1 heterocycles. The van der Waals surface area contributed by atoms with E-state index in [2.05, 4.69) is 65.6 Å². The predicted molar refractivity (Wildman–Crippen MR) is 133 cm³/mol. The topological polar surface area (TPSA) is 32.7 Å². The van der Waals surface area contributed by atoms with Crippen LogP contribution in [-0.4, -0.2) is 29.6 Å². The monoisotopic (exact) mass is 441 g/mol. The van der Waals surface area contributed by atoms with Gasteiger partial charge < -0.3 is 14.7 Å². The van der Waals surface area contributed by atoms with Gasteiger partial charge in [-0.3, -0.25) is 0 Å². The molecule has 0 aromatic heterocycles. The van der Waals surface area contributed by atoms with Gasteiger partial charge in [0.15, 0.2) is 0 Å². The zero-order valence-corrected chi connectivity index (χ0v) is 19.4. The molecule has 3 nitrogen and oxygen atoms in total. The second-order valence-corrected chi connectivity index (χ2v) is 9.77. The fourth-order valence-corrected chi connectivity index (χ4v) is 5.56. The molecule has 1 saturated heterocycles. The van der Waals surface area contributed by atoms with Gasteiger partial charge in [-0.2, -0.15) is 0 Å². The molecule has 0 amide bonds. The first-order valence-corrected chi connectivity index (χ1v) is 12.5. The molecule has 5 rings (SSSR count). The molecule has 3 heteroatoms. The molecule has 172 valence electrons. The minimum Gasteiger partial charge on any atom is -0.489 e. The van der Waals surface area contributed by atoms with Crippen LogP contribution in [0.15, 0.2) is 78.9 Å². The summed E-state index contributed by atoms with van der Waals surface area (Å²) in [6.07, 6.45) is 5.26. The van der Waals surface area contributed by atoms with Crippen LogP contribution in [0.2, 0.25) is 0 Å². The Balaban J connectivity index is 1.09. The molecule has 0 radical (unpaired) electrons. The lowest BCUT2D eigenvalue weighted by molar-refractivity contribution is 0.117. The van der Waals surface area contributed by atoms with Crippen molar-refractivity contribution < 1.29 is 9.84 Å². The Hall–Kier alpha value is -2.62. The summed E-state index contributed by atoms with van der Waals surface area (Å²) < 4.78 is 5.95. The number of aliphatic hydroxyl groups excluding tert-OH is 1. The average Bonchev–Trinajstić information content (AvgIpc) is 3.03. The summed E-state index contributed by atoms with van der Waals surface area (Å²) in [7, 11) is 0. The average molecular weight is 442 g/mol. The maximum absolute atomic E-state index is 10.7. The van der Waals surface area contributed by atoms with Crippen LogP contribution < -0.4 is 4.74 Å². The molecule has 2 aliphatic rings. The van der Waals surface area contributed by atoms with E-state index in [4.69, 9.17) is 4.74 Å². The Morgan fingerprint density at radius 3 is 2.33 bits per heavy atom. The highest BCUT2D eigenvalue weighted by Crippen LogP contribution is 2.34. The maximum atomic E-state index is 10.7. The number of nitrogens with zero attached hydrogens (tertiary/aromatic N) is 1. The number of aliphatic hydroxyl groups is 1. The van der Waals surface area contributed by atoms with Crippen molar-refractivity contribution in [3.8, 4) is 5.75 Å². The SMILES string of the molecule is OC1CC(CN2CCC(c3ccc(OCc4ccccc4)cc3)CC2)CCc2ccccc21. The molecular formula is C30H35NO2. The van der Waals surface area contributed by atoms with Gasteiger partial charge in [-0.1, -0.05) is 66.7 Å². The van der Waals surface area contributed by atoms with Crippen LogP contribution in [0.3, 0.4) is 0 Å². The summed E-state index contributed by atoms with van der Waals surface area (Å²) in [6.45, 7) is 4.02. The summed E-state index contributed by atoms with van der Waals surface area (Å²) >= 11 is 0. The van der Waals surface area contributed by atoms with Gasteiger partial charge in [0.1, 0.15) is 12.4 Å². The van der Waals surface area contributed by atoms with Crippen LogP contribution in [0.1, 0.15) is 60.0 Å². The predicted octanol–water partition coefficient (Wildman–Crippen LogP) is 6.13. The highest BCUT2D eigenvalue weighted by molar-refractivity contribution is 5.31. The van der Waals surface area contributed by atoms with E-state index >= 15 is 0 Å². The molecule has 0 spiro atoms. The first-order valence-electron chi connectivity index (χ1n) is 12.5. The van der Waals surface area contributed by atoms with Crippen LogP contribution in [0.25, 0.3) is 0 Å². The molecule has 1 aliphatic carbocycles. The summed E-state index contributed by atoms with van der Waals surface area (Å²) in [5.74, 6) is 2.14. The summed E-state index contributed by atoms with van der Waals surface area (Å²) in [5.41, 5.74) is 5.11. The standard InChI is InChI=1S/C30H35NO2/c32-30-20-24(10-11-27-8-4-5-9-29(27)30)21-31-18-16-26(17-19-31)25-12-14-28(15-13-25)33-22-23-6-2-1-3-7-23/h1-9,12-15,24,26,30,32H,10-11,16-22H2. The van der Waals surface area contributed by atoms with E-state index in [-0.39, 0.29) is 6.10 Å². The van der Waals surface area contributed by atoms with E-state index in [1.54, 1.807) is 0 Å². The zero-order valence-electron chi connectivity index (χ0n) is 19.4. The first kappa shape index (κ1) is 22.2. The van der Waals surface area contributed by atoms with Crippen molar-refractivity contribution in [1.82, 2.24) is 4.90 Å². The lowest BCUT2D eigenvalue weighted by atomic mass is 9.88. The number of likely N-dealkylation sites (tertiary alicyclic amines) is 1. The molecule has 2 unspecified atom stereocenters. The number of aryl methyl sites for hydroxylation is 1. The molecule has 3 aromatic carbocycles. The van der Waals surface area contributed by atoms with Crippen molar-refractivity contribution in [3.05, 3.63) is 101 Å². The smallest absolute Gasteiger partial charge is 0.119 e. The molecule has 0 bridgehead atoms. The van der Waals surface area contributed by atoms with Crippen molar-refractivity contribution in [2.45, 2.75) is 50.7 Å². The van der Waals surface area contributed by atoms with E-state index in [1.165, 1.54) is 36.0 Å². The fourth-order valence-electron chi connectivity index (χ4n) is 5.56. The minimum absolute atomic E-state index is 0.311. The van der Waals surface area contributed by atoms with Gasteiger partial charge in [-0.15, -0.1) is 0 Å². The lowest BCUT2D eigenvalue weighted by Gasteiger charge is -2.34. The summed E-state index contributed by atoms with van der Waals surface area (Å²) in [5, 5.41) is 10.7. The van der Waals surface area contributed by atoms with Crippen LogP contribution in [0.4, 0.5) is 0 Å². The third-order valence-corrected chi connectivity index (χ3v) is 7.50. The number of ether oxygens (including phenoxy) is 1. The highest BCUT2D eigenvalue weighted by Gasteiger charge is 2.27. The molecule has 1 fully saturated rings. The lowest BCUT2D eigenvalue weighted by Crippen LogP contribution is -2.36. The maximum Gasteiger partial charge on any atom is 0.119 e. The van der Waals surface area contributed by atoms with Gasteiger partial charge in [0, 0.05) is 6.54 Å². The van der Waals surface area contributed by atoms with Gasteiger partial charge in [0.25, 0.3) is 0 Å². The zero-order chi connectivity index (χ0) is 22.5. The molecule has 1 aliphatic heterocycles. The van der Waals surface area contributed by atoms with Crippen molar-refractivity contribution >= 4 is 0 Å². The molecule has 1 N–H and O–H groups in total. The van der Waals surface area contributed by atoms with Crippen molar-refractivity contribution in [3.63, 3.8) is 0 Å². The number of benzene rings is 3. The first-order chi connectivity index (χ1) is 16.2. The molecule has 3 aromatic rings. The Morgan fingerprint density at radius 2 is 1.55 bits per heavy atom. The van der Waals surface area contributed by atoms with Gasteiger partial charge >= 0.3 is 0 Å². The van der Waals surface area contributed by atoms with E-state index in [0.29, 0.717) is 18.4 Å². The van der Waals surface area contributed by atoms with E-state index in [0.717, 1.165) is 43.8 Å². The number of fused-ring (bicyclic) bond motifs is 1. The number of rotatable bonds is 6. The number of hydrogen-bond donors (Lipinski definition) is 1. The molecule has 2 atom stereocenters. The molecular weight excluding hydrogens is 406 g/mol. The van der Waals surface area contributed by atoms with Crippen molar-refractivity contribution in [1.29, 1.82) is 0 Å². The Labute approximate surface area is 198 Å². The van der Waals surface area contributed by atoms with Gasteiger partial charge in [0.2, 0.25) is 0 Å². The summed E-state index contributed by atoms with van der Waals surface area (Å²) in [4.78, 5) is 2.63. The third kappa shape index (κ3) is 5.66. The van der Waals surface area contributed by atoms with Crippen LogP contribution in [0, 0.1) is 5.92 Å². The number of piperidine rings is 1. The number of hydrogen-bond acceptors (Lipinski definition) is 3. The Kier molecular flexibility index (Phi) is 7.09.